The number of methoxy groups -OCH3 is 1. The number of benzene rings is 2. The van der Waals surface area contributed by atoms with Gasteiger partial charge in [-0.3, -0.25) is 4.79 Å². The highest BCUT2D eigenvalue weighted by atomic mass is 19.4. The van der Waals surface area contributed by atoms with Crippen LogP contribution in [0.2, 0.25) is 0 Å². The van der Waals surface area contributed by atoms with Gasteiger partial charge in [-0.25, -0.2) is 9.97 Å². The Morgan fingerprint density at radius 3 is 2.48 bits per heavy atom. The molecule has 0 atom stereocenters. The van der Waals surface area contributed by atoms with Crippen LogP contribution in [-0.2, 0) is 29.2 Å². The van der Waals surface area contributed by atoms with Crippen molar-refractivity contribution in [2.45, 2.75) is 45.2 Å². The summed E-state index contributed by atoms with van der Waals surface area (Å²) in [6.45, 7) is 10.6. The second-order valence-electron chi connectivity index (χ2n) is 11.3. The van der Waals surface area contributed by atoms with Gasteiger partial charge in [0.2, 0.25) is 11.9 Å². The Morgan fingerprint density at radius 2 is 1.81 bits per heavy atom. The molecule has 1 amide bonds. The maximum Gasteiger partial charge on any atom is 0.419 e. The summed E-state index contributed by atoms with van der Waals surface area (Å²) in [5.74, 6) is 0.554. The largest absolute Gasteiger partial charge is 0.494 e. The number of ether oxygens (including phenoxy) is 1. The Morgan fingerprint density at radius 1 is 1.07 bits per heavy atom. The molecule has 224 valence electrons. The number of anilines is 4. The fourth-order valence-corrected chi connectivity index (χ4v) is 6.01. The lowest BCUT2D eigenvalue weighted by Gasteiger charge is -2.35. The van der Waals surface area contributed by atoms with E-state index in [4.69, 9.17) is 4.74 Å². The van der Waals surface area contributed by atoms with Gasteiger partial charge in [0.05, 0.1) is 29.5 Å². The number of hydrogen-bond acceptors (Lipinski definition) is 7. The van der Waals surface area contributed by atoms with Crippen LogP contribution in [-0.4, -0.2) is 67.7 Å². The van der Waals surface area contributed by atoms with Gasteiger partial charge in [0.15, 0.2) is 0 Å². The van der Waals surface area contributed by atoms with E-state index in [1.54, 1.807) is 19.1 Å². The summed E-state index contributed by atoms with van der Waals surface area (Å²) in [7, 11) is 3.28. The average molecular weight is 583 g/mol. The Labute approximate surface area is 244 Å². The fraction of sp³-hybridized carbons (Fsp3) is 0.452. The van der Waals surface area contributed by atoms with Gasteiger partial charge < -0.3 is 24.8 Å². The van der Waals surface area contributed by atoms with E-state index < -0.39 is 17.2 Å². The highest BCUT2D eigenvalue weighted by Gasteiger charge is 2.43. The van der Waals surface area contributed by atoms with Gasteiger partial charge in [-0.05, 0) is 62.6 Å². The van der Waals surface area contributed by atoms with E-state index in [-0.39, 0.29) is 30.4 Å². The molecular weight excluding hydrogens is 545 g/mol. The van der Waals surface area contributed by atoms with Crippen LogP contribution in [0.3, 0.4) is 0 Å². The third-order valence-corrected chi connectivity index (χ3v) is 8.37. The lowest BCUT2D eigenvalue weighted by atomic mass is 9.82. The van der Waals surface area contributed by atoms with Crippen LogP contribution >= 0.6 is 0 Å². The molecule has 1 aromatic heterocycles. The van der Waals surface area contributed by atoms with Gasteiger partial charge in [0.25, 0.3) is 0 Å². The topological polar surface area (TPSA) is 73.8 Å². The summed E-state index contributed by atoms with van der Waals surface area (Å²) in [5, 5.41) is 3.06. The number of fused-ring (bicyclic) bond motifs is 1. The van der Waals surface area contributed by atoms with Crippen LogP contribution in [0.25, 0.3) is 0 Å². The van der Waals surface area contributed by atoms with Gasteiger partial charge in [-0.15, -0.1) is 0 Å². The van der Waals surface area contributed by atoms with Crippen LogP contribution < -0.4 is 19.9 Å². The average Bonchev–Trinajstić information content (AvgIpc) is 3.15. The maximum absolute atomic E-state index is 14.0. The van der Waals surface area contributed by atoms with E-state index in [1.807, 2.05) is 50.2 Å². The molecule has 3 aromatic rings. The molecule has 3 heterocycles. The van der Waals surface area contributed by atoms with Gasteiger partial charge >= 0.3 is 6.18 Å². The normalized spacial score (nSPS) is 17.0. The summed E-state index contributed by atoms with van der Waals surface area (Å²) in [6, 6.07) is 11.3. The Hall–Kier alpha value is -3.86. The fourth-order valence-electron chi connectivity index (χ4n) is 6.01. The first-order valence-electron chi connectivity index (χ1n) is 14.2. The lowest BCUT2D eigenvalue weighted by molar-refractivity contribution is -0.138. The van der Waals surface area contributed by atoms with Crippen molar-refractivity contribution < 1.29 is 22.7 Å². The molecule has 1 fully saturated rings. The van der Waals surface area contributed by atoms with E-state index in [2.05, 4.69) is 32.0 Å². The van der Waals surface area contributed by atoms with Crippen molar-refractivity contribution in [3.05, 3.63) is 65.0 Å². The smallest absolute Gasteiger partial charge is 0.419 e. The van der Waals surface area contributed by atoms with Gasteiger partial charge in [0.1, 0.15) is 5.75 Å². The zero-order valence-electron chi connectivity index (χ0n) is 24.7. The lowest BCUT2D eigenvalue weighted by Crippen LogP contribution is -2.46. The Kier molecular flexibility index (Phi) is 8.06. The molecule has 2 aromatic carbocycles. The zero-order valence-corrected chi connectivity index (χ0v) is 24.7. The number of likely N-dealkylation sites (N-methyl/N-ethyl adjacent to an activating group) is 2. The minimum atomic E-state index is -4.61. The molecule has 2 aliphatic heterocycles. The van der Waals surface area contributed by atoms with E-state index in [1.165, 1.54) is 0 Å². The van der Waals surface area contributed by atoms with E-state index >= 15 is 0 Å². The first-order chi connectivity index (χ1) is 19.9. The van der Waals surface area contributed by atoms with Gasteiger partial charge in [0, 0.05) is 56.9 Å². The van der Waals surface area contributed by atoms with Crippen LogP contribution in [0.1, 0.15) is 43.2 Å². The third kappa shape index (κ3) is 5.62. The quantitative estimate of drug-likeness (QED) is 0.380. The monoisotopic (exact) mass is 582 g/mol. The van der Waals surface area contributed by atoms with Crippen molar-refractivity contribution >= 4 is 28.9 Å². The Bertz CT molecular complexity index is 1470. The Balaban J connectivity index is 1.39. The highest BCUT2D eigenvalue weighted by Crippen LogP contribution is 2.43. The molecule has 2 aliphatic rings. The number of carbonyl (C=O) groups is 1. The van der Waals surface area contributed by atoms with Crippen molar-refractivity contribution in [3.63, 3.8) is 0 Å². The zero-order chi connectivity index (χ0) is 30.2. The maximum atomic E-state index is 14.0. The third-order valence-electron chi connectivity index (χ3n) is 8.37. The number of alkyl halides is 3. The number of rotatable bonds is 8. The molecule has 1 saturated heterocycles. The molecule has 11 heteroatoms. The summed E-state index contributed by atoms with van der Waals surface area (Å²) in [4.78, 5) is 27.5. The molecule has 8 nitrogen and oxygen atoms in total. The summed E-state index contributed by atoms with van der Waals surface area (Å²) in [5.41, 5.74) is 2.28. The number of amides is 1. The molecule has 0 aliphatic carbocycles. The molecule has 42 heavy (non-hydrogen) atoms. The molecule has 0 unspecified atom stereocenters. The number of nitrogens with zero attached hydrogens (tertiary/aromatic N) is 5. The first kappa shape index (κ1) is 29.6. The van der Waals surface area contributed by atoms with Crippen molar-refractivity contribution in [1.82, 2.24) is 14.9 Å². The number of aryl methyl sites for hydroxylation is 2. The second-order valence-corrected chi connectivity index (χ2v) is 11.3. The minimum absolute atomic E-state index is 0.0241. The van der Waals surface area contributed by atoms with E-state index in [0.29, 0.717) is 11.4 Å². The molecule has 5 rings (SSSR count). The molecule has 1 N–H and O–H groups in total. The van der Waals surface area contributed by atoms with Crippen molar-refractivity contribution in [3.8, 4) is 5.75 Å². The van der Waals surface area contributed by atoms with Crippen LogP contribution in [0.4, 0.5) is 36.2 Å². The number of carbonyl (C=O) groups excluding carboxylic acids is 1. The predicted molar refractivity (Wildman–Crippen MR) is 158 cm³/mol. The SMILES string of the molecule is CCN1CCN(c2ccc(Nc3ncc(C(F)(F)F)c(CCc4cccc5c4C(C)(C)C(=O)N5C)n3)c(OC)c2)CC1. The van der Waals surface area contributed by atoms with Gasteiger partial charge in [-0.1, -0.05) is 19.1 Å². The van der Waals surface area contributed by atoms with Crippen LogP contribution in [0.15, 0.2) is 42.6 Å². The number of nitrogens with one attached hydrogen (secondary N) is 1. The summed E-state index contributed by atoms with van der Waals surface area (Å²) in [6.07, 6.45) is -3.47. The predicted octanol–water partition coefficient (Wildman–Crippen LogP) is 5.43. The number of hydrogen-bond donors (Lipinski definition) is 1. The standard InChI is InChI=1S/C31H37F3N6O2/c1-6-39-14-16-40(17-15-39)21-11-13-24(26(18-21)42-5)37-29-35-19-22(31(32,33)34)23(36-29)12-10-20-8-7-9-25-27(20)30(2,3)28(41)38(25)4/h7-9,11,13,18-19H,6,10,12,14-17H2,1-5H3,(H,35,36,37). The minimum Gasteiger partial charge on any atom is -0.494 e. The van der Waals surface area contributed by atoms with Crippen molar-refractivity contribution in [2.75, 3.05) is 62.0 Å². The van der Waals surface area contributed by atoms with E-state index in [9.17, 15) is 18.0 Å². The van der Waals surface area contributed by atoms with Crippen molar-refractivity contribution in [2.24, 2.45) is 0 Å². The molecule has 0 radical (unpaired) electrons. The van der Waals surface area contributed by atoms with Gasteiger partial charge in [-0.2, -0.15) is 13.2 Å². The van der Waals surface area contributed by atoms with Crippen LogP contribution in [0.5, 0.6) is 5.75 Å². The summed E-state index contributed by atoms with van der Waals surface area (Å²) >= 11 is 0. The first-order valence-corrected chi connectivity index (χ1v) is 14.2. The molecule has 0 saturated carbocycles. The summed E-state index contributed by atoms with van der Waals surface area (Å²) < 4.78 is 47.6. The molecule has 0 bridgehead atoms. The number of halogens is 3. The molecule has 0 spiro atoms. The molecular formula is C31H37F3N6O2. The highest BCUT2D eigenvalue weighted by molar-refractivity contribution is 6.07. The van der Waals surface area contributed by atoms with E-state index in [0.717, 1.165) is 61.4 Å². The van der Waals surface area contributed by atoms with Crippen LogP contribution in [0, 0.1) is 0 Å². The second kappa shape index (κ2) is 11.4. The number of piperazine rings is 1. The number of aromatic nitrogens is 2. The van der Waals surface area contributed by atoms with Crippen molar-refractivity contribution in [1.29, 1.82) is 0 Å².